The third kappa shape index (κ3) is 5.04. The zero-order valence-electron chi connectivity index (χ0n) is 12.5. The van der Waals surface area contributed by atoms with Crippen molar-refractivity contribution in [1.82, 2.24) is 10.6 Å². The van der Waals surface area contributed by atoms with Crippen LogP contribution in [0.3, 0.4) is 0 Å². The molecule has 0 bridgehead atoms. The Kier molecular flexibility index (Phi) is 6.21. The normalized spacial score (nSPS) is 10.3. The number of carbonyl (C=O) groups excluding carboxylic acids is 1. The molecule has 0 aliphatic heterocycles. The van der Waals surface area contributed by atoms with Crippen molar-refractivity contribution in [2.75, 3.05) is 25.0 Å². The van der Waals surface area contributed by atoms with Crippen molar-refractivity contribution in [3.8, 4) is 0 Å². The predicted molar refractivity (Wildman–Crippen MR) is 88.8 cm³/mol. The minimum absolute atomic E-state index is 0.179. The lowest BCUT2D eigenvalue weighted by atomic mass is 10.2. The van der Waals surface area contributed by atoms with Gasteiger partial charge < -0.3 is 15.5 Å². The number of amides is 2. The van der Waals surface area contributed by atoms with E-state index in [1.807, 2.05) is 35.5 Å². The quantitative estimate of drug-likeness (QED) is 0.769. The van der Waals surface area contributed by atoms with Gasteiger partial charge in [-0.3, -0.25) is 0 Å². The molecule has 0 spiro atoms. The number of thiophene rings is 1. The van der Waals surface area contributed by atoms with Gasteiger partial charge >= 0.3 is 6.03 Å². The molecular weight excluding hydrogens is 301 g/mol. The fraction of sp³-hybridized carbons (Fsp3) is 0.312. The highest BCUT2D eigenvalue weighted by atomic mass is 32.1. The minimum atomic E-state index is -0.230. The first-order valence-electron chi connectivity index (χ1n) is 7.16. The molecule has 2 aromatic rings. The van der Waals surface area contributed by atoms with Gasteiger partial charge in [-0.15, -0.1) is 11.3 Å². The molecule has 2 amide bonds. The Morgan fingerprint density at radius 3 is 2.77 bits per heavy atom. The highest BCUT2D eigenvalue weighted by Crippen LogP contribution is 2.16. The molecule has 1 aromatic heterocycles. The van der Waals surface area contributed by atoms with Crippen LogP contribution >= 0.6 is 11.3 Å². The zero-order valence-corrected chi connectivity index (χ0v) is 13.3. The summed E-state index contributed by atoms with van der Waals surface area (Å²) in [4.78, 5) is 14.6. The molecule has 0 saturated carbocycles. The van der Waals surface area contributed by atoms with Crippen LogP contribution in [0.2, 0.25) is 0 Å². The first kappa shape index (κ1) is 16.3. The standard InChI is InChI=1S/C16H20FN3OS/c1-20(15-8-3-2-7-14(15)17)10-5-9-18-16(21)19-12-13-6-4-11-22-13/h2-4,6-8,11H,5,9-10,12H2,1H3,(H2,18,19,21). The molecule has 6 heteroatoms. The molecule has 1 aromatic carbocycles. The van der Waals surface area contributed by atoms with E-state index in [0.717, 1.165) is 11.3 Å². The summed E-state index contributed by atoms with van der Waals surface area (Å²) in [6, 6.07) is 10.4. The molecule has 0 fully saturated rings. The summed E-state index contributed by atoms with van der Waals surface area (Å²) < 4.78 is 13.6. The van der Waals surface area contributed by atoms with Crippen molar-refractivity contribution in [2.45, 2.75) is 13.0 Å². The molecule has 0 atom stereocenters. The number of benzene rings is 1. The lowest BCUT2D eigenvalue weighted by Gasteiger charge is -2.19. The summed E-state index contributed by atoms with van der Waals surface area (Å²) in [7, 11) is 1.84. The highest BCUT2D eigenvalue weighted by Gasteiger charge is 2.06. The lowest BCUT2D eigenvalue weighted by molar-refractivity contribution is 0.240. The Balaban J connectivity index is 1.62. The molecule has 1 heterocycles. The van der Waals surface area contributed by atoms with E-state index < -0.39 is 0 Å². The number of rotatable bonds is 7. The van der Waals surface area contributed by atoms with Crippen LogP contribution in [0, 0.1) is 5.82 Å². The van der Waals surface area contributed by atoms with Crippen molar-refractivity contribution in [3.05, 3.63) is 52.5 Å². The van der Waals surface area contributed by atoms with E-state index in [1.54, 1.807) is 23.5 Å². The van der Waals surface area contributed by atoms with Crippen molar-refractivity contribution >= 4 is 23.1 Å². The minimum Gasteiger partial charge on any atom is -0.372 e. The summed E-state index contributed by atoms with van der Waals surface area (Å²) in [6.45, 7) is 1.76. The number of carbonyl (C=O) groups is 1. The number of para-hydroxylation sites is 1. The molecular formula is C16H20FN3OS. The van der Waals surface area contributed by atoms with Crippen LogP contribution < -0.4 is 15.5 Å². The van der Waals surface area contributed by atoms with Gasteiger partial charge in [0.15, 0.2) is 0 Å². The topological polar surface area (TPSA) is 44.4 Å². The Bertz CT molecular complexity index is 589. The number of nitrogens with zero attached hydrogens (tertiary/aromatic N) is 1. The predicted octanol–water partition coefficient (Wildman–Crippen LogP) is 3.21. The third-order valence-corrected chi connectivity index (χ3v) is 4.10. The average molecular weight is 321 g/mol. The molecule has 118 valence electrons. The van der Waals surface area contributed by atoms with Crippen LogP contribution in [0.25, 0.3) is 0 Å². The van der Waals surface area contributed by atoms with Gasteiger partial charge in [-0.1, -0.05) is 18.2 Å². The summed E-state index contributed by atoms with van der Waals surface area (Å²) in [5.41, 5.74) is 0.574. The SMILES string of the molecule is CN(CCCNC(=O)NCc1cccs1)c1ccccc1F. The number of nitrogens with one attached hydrogen (secondary N) is 2. The van der Waals surface area contributed by atoms with E-state index in [1.165, 1.54) is 6.07 Å². The fourth-order valence-electron chi connectivity index (χ4n) is 2.04. The second kappa shape index (κ2) is 8.38. The first-order valence-corrected chi connectivity index (χ1v) is 8.04. The number of halogens is 1. The monoisotopic (exact) mass is 321 g/mol. The highest BCUT2D eigenvalue weighted by molar-refractivity contribution is 7.09. The molecule has 0 unspecified atom stereocenters. The van der Waals surface area contributed by atoms with Gasteiger partial charge in [0.05, 0.1) is 12.2 Å². The number of hydrogen-bond acceptors (Lipinski definition) is 3. The Hall–Kier alpha value is -2.08. The van der Waals surface area contributed by atoms with Crippen LogP contribution in [0.4, 0.5) is 14.9 Å². The summed E-state index contributed by atoms with van der Waals surface area (Å²) >= 11 is 1.61. The second-order valence-corrected chi connectivity index (χ2v) is 5.95. The van der Waals surface area contributed by atoms with E-state index in [-0.39, 0.29) is 11.8 Å². The summed E-state index contributed by atoms with van der Waals surface area (Å²) in [5, 5.41) is 7.58. The number of urea groups is 1. The first-order chi connectivity index (χ1) is 10.7. The Morgan fingerprint density at radius 2 is 2.05 bits per heavy atom. The van der Waals surface area contributed by atoms with Crippen LogP contribution in [0.15, 0.2) is 41.8 Å². The van der Waals surface area contributed by atoms with Gasteiger partial charge in [-0.2, -0.15) is 0 Å². The average Bonchev–Trinajstić information content (AvgIpc) is 3.03. The van der Waals surface area contributed by atoms with Gasteiger partial charge in [0.1, 0.15) is 5.82 Å². The van der Waals surface area contributed by atoms with Crippen molar-refractivity contribution in [3.63, 3.8) is 0 Å². The fourth-order valence-corrected chi connectivity index (χ4v) is 2.69. The maximum atomic E-state index is 13.6. The van der Waals surface area contributed by atoms with Crippen molar-refractivity contribution in [2.24, 2.45) is 0 Å². The smallest absolute Gasteiger partial charge is 0.315 e. The molecule has 0 saturated heterocycles. The molecule has 0 radical (unpaired) electrons. The molecule has 0 aliphatic carbocycles. The van der Waals surface area contributed by atoms with Crippen LogP contribution in [0.1, 0.15) is 11.3 Å². The van der Waals surface area contributed by atoms with Gasteiger partial charge in [0, 0.05) is 25.0 Å². The van der Waals surface area contributed by atoms with E-state index in [9.17, 15) is 9.18 Å². The second-order valence-electron chi connectivity index (χ2n) is 4.92. The van der Waals surface area contributed by atoms with Crippen molar-refractivity contribution < 1.29 is 9.18 Å². The maximum Gasteiger partial charge on any atom is 0.315 e. The Morgan fingerprint density at radius 1 is 1.23 bits per heavy atom. The molecule has 2 N–H and O–H groups in total. The van der Waals surface area contributed by atoms with Crippen LogP contribution in [0.5, 0.6) is 0 Å². The van der Waals surface area contributed by atoms with Crippen LogP contribution in [-0.4, -0.2) is 26.2 Å². The summed E-state index contributed by atoms with van der Waals surface area (Å²) in [5.74, 6) is -0.230. The Labute approximate surface area is 134 Å². The van der Waals surface area contributed by atoms with Gasteiger partial charge in [-0.25, -0.2) is 9.18 Å². The van der Waals surface area contributed by atoms with Gasteiger partial charge in [-0.05, 0) is 30.0 Å². The van der Waals surface area contributed by atoms with Gasteiger partial charge in [0.2, 0.25) is 0 Å². The van der Waals surface area contributed by atoms with Crippen molar-refractivity contribution in [1.29, 1.82) is 0 Å². The van der Waals surface area contributed by atoms with E-state index in [0.29, 0.717) is 25.3 Å². The molecule has 22 heavy (non-hydrogen) atoms. The summed E-state index contributed by atoms with van der Waals surface area (Å²) in [6.07, 6.45) is 0.747. The number of anilines is 1. The largest absolute Gasteiger partial charge is 0.372 e. The number of hydrogen-bond donors (Lipinski definition) is 2. The van der Waals surface area contributed by atoms with Gasteiger partial charge in [0.25, 0.3) is 0 Å². The maximum absolute atomic E-state index is 13.6. The molecule has 2 rings (SSSR count). The lowest BCUT2D eigenvalue weighted by Crippen LogP contribution is -2.36. The van der Waals surface area contributed by atoms with E-state index in [2.05, 4.69) is 10.6 Å². The zero-order chi connectivity index (χ0) is 15.8. The van der Waals surface area contributed by atoms with E-state index >= 15 is 0 Å². The molecule has 0 aliphatic rings. The third-order valence-electron chi connectivity index (χ3n) is 3.22. The molecule has 4 nitrogen and oxygen atoms in total. The van der Waals surface area contributed by atoms with E-state index in [4.69, 9.17) is 0 Å². The van der Waals surface area contributed by atoms with Crippen LogP contribution in [-0.2, 0) is 6.54 Å².